The number of amides is 1. The van der Waals surface area contributed by atoms with Gasteiger partial charge in [-0.3, -0.25) is 4.79 Å². The molecule has 1 saturated carbocycles. The molecule has 2 N–H and O–H groups in total. The maximum absolute atomic E-state index is 14.5. The highest BCUT2D eigenvalue weighted by atomic mass is 19.1. The quantitative estimate of drug-likeness (QED) is 0.713. The Bertz CT molecular complexity index is 992. The van der Waals surface area contributed by atoms with Gasteiger partial charge in [0.1, 0.15) is 17.3 Å². The van der Waals surface area contributed by atoms with E-state index in [1.54, 1.807) is 24.4 Å². The van der Waals surface area contributed by atoms with E-state index in [-0.39, 0.29) is 23.8 Å². The molecule has 2 heterocycles. The minimum Gasteiger partial charge on any atom is -0.497 e. The summed E-state index contributed by atoms with van der Waals surface area (Å²) in [5.74, 6) is 0.451. The van der Waals surface area contributed by atoms with Crippen molar-refractivity contribution in [1.82, 2.24) is 15.3 Å². The number of carbonyl (C=O) groups excluding carboxylic acids is 1. The summed E-state index contributed by atoms with van der Waals surface area (Å²) < 4.78 is 19.6. The van der Waals surface area contributed by atoms with E-state index in [1.807, 2.05) is 23.6 Å². The van der Waals surface area contributed by atoms with Gasteiger partial charge < -0.3 is 25.0 Å². The predicted molar refractivity (Wildman–Crippen MR) is 124 cm³/mol. The fraction of sp³-hybridized carbons (Fsp3) is 0.542. The molecule has 1 aromatic carbocycles. The third-order valence-electron chi connectivity index (χ3n) is 6.65. The van der Waals surface area contributed by atoms with Crippen LogP contribution < -0.4 is 19.9 Å². The van der Waals surface area contributed by atoms with Gasteiger partial charge in [-0.15, -0.1) is 0 Å². The molecule has 1 aliphatic heterocycles. The number of nitrogens with zero attached hydrogens (tertiary/aromatic N) is 4. The molecule has 1 saturated heterocycles. The minimum absolute atomic E-state index is 0.0270. The highest BCUT2D eigenvalue weighted by Gasteiger charge is 2.30. The summed E-state index contributed by atoms with van der Waals surface area (Å²) in [5, 5.41) is 13.1. The van der Waals surface area contributed by atoms with E-state index in [4.69, 9.17) is 4.74 Å². The standard InChI is InChI=1S/C24H32FN5O3/c1-16-15-29(21-5-4-18(33-3)14-19(21)25)12-13-30(16)23-26-11-8-20(28-23)22(31)27-17-6-9-24(2,32)10-7-17/h4-5,8,11,14,16-17,32H,6-7,9-10,12-13,15H2,1-3H3,(H,27,31)/t16-,17-,24+/m1/s1. The van der Waals surface area contributed by atoms with E-state index in [0.29, 0.717) is 55.6 Å². The summed E-state index contributed by atoms with van der Waals surface area (Å²) in [7, 11) is 1.52. The summed E-state index contributed by atoms with van der Waals surface area (Å²) in [4.78, 5) is 25.7. The Morgan fingerprint density at radius 1 is 1.27 bits per heavy atom. The van der Waals surface area contributed by atoms with Gasteiger partial charge in [-0.05, 0) is 57.7 Å². The Morgan fingerprint density at radius 3 is 2.70 bits per heavy atom. The zero-order valence-electron chi connectivity index (χ0n) is 19.4. The number of ether oxygens (including phenoxy) is 1. The fourth-order valence-corrected chi connectivity index (χ4v) is 4.60. The largest absolute Gasteiger partial charge is 0.497 e. The van der Waals surface area contributed by atoms with Crippen LogP contribution in [0, 0.1) is 5.82 Å². The smallest absolute Gasteiger partial charge is 0.270 e. The minimum atomic E-state index is -0.643. The summed E-state index contributed by atoms with van der Waals surface area (Å²) >= 11 is 0. The van der Waals surface area contributed by atoms with E-state index < -0.39 is 5.60 Å². The lowest BCUT2D eigenvalue weighted by molar-refractivity contribution is 0.0140. The Hall–Kier alpha value is -2.94. The number of aromatic nitrogens is 2. The third-order valence-corrected chi connectivity index (χ3v) is 6.65. The number of anilines is 2. The molecular formula is C24H32FN5O3. The second-order valence-corrected chi connectivity index (χ2v) is 9.29. The second kappa shape index (κ2) is 9.51. The zero-order valence-corrected chi connectivity index (χ0v) is 19.4. The molecule has 0 radical (unpaired) electrons. The van der Waals surface area contributed by atoms with Crippen LogP contribution in [-0.2, 0) is 0 Å². The van der Waals surface area contributed by atoms with Gasteiger partial charge in [0.05, 0.1) is 18.4 Å². The Morgan fingerprint density at radius 2 is 2.03 bits per heavy atom. The molecule has 0 unspecified atom stereocenters. The van der Waals surface area contributed by atoms with Crippen LogP contribution in [0.4, 0.5) is 16.0 Å². The highest BCUT2D eigenvalue weighted by molar-refractivity contribution is 5.92. The van der Waals surface area contributed by atoms with Crippen LogP contribution in [0.1, 0.15) is 50.0 Å². The molecular weight excluding hydrogens is 425 g/mol. The van der Waals surface area contributed by atoms with Crippen LogP contribution in [0.25, 0.3) is 0 Å². The number of rotatable bonds is 5. The molecule has 0 spiro atoms. The van der Waals surface area contributed by atoms with Gasteiger partial charge in [0.2, 0.25) is 5.95 Å². The molecule has 0 bridgehead atoms. The van der Waals surface area contributed by atoms with E-state index in [1.165, 1.54) is 13.2 Å². The van der Waals surface area contributed by atoms with Gasteiger partial charge in [-0.25, -0.2) is 14.4 Å². The number of benzene rings is 1. The van der Waals surface area contributed by atoms with E-state index >= 15 is 0 Å². The van der Waals surface area contributed by atoms with Crippen molar-refractivity contribution in [2.45, 2.75) is 57.2 Å². The monoisotopic (exact) mass is 457 g/mol. The molecule has 1 aromatic heterocycles. The van der Waals surface area contributed by atoms with Crippen molar-refractivity contribution in [3.8, 4) is 5.75 Å². The van der Waals surface area contributed by atoms with E-state index in [0.717, 1.165) is 12.8 Å². The normalized spacial score (nSPS) is 25.6. The van der Waals surface area contributed by atoms with Gasteiger partial charge in [0.25, 0.3) is 5.91 Å². The number of hydrogen-bond acceptors (Lipinski definition) is 7. The first-order valence-corrected chi connectivity index (χ1v) is 11.5. The van der Waals surface area contributed by atoms with Crippen molar-refractivity contribution in [2.75, 3.05) is 36.5 Å². The second-order valence-electron chi connectivity index (χ2n) is 9.29. The van der Waals surface area contributed by atoms with Crippen LogP contribution in [0.5, 0.6) is 5.75 Å². The van der Waals surface area contributed by atoms with Crippen LogP contribution in [0.15, 0.2) is 30.5 Å². The van der Waals surface area contributed by atoms with Gasteiger partial charge >= 0.3 is 0 Å². The Balaban J connectivity index is 1.40. The number of carbonyl (C=O) groups is 1. The summed E-state index contributed by atoms with van der Waals surface area (Å²) in [6, 6.07) is 6.57. The van der Waals surface area contributed by atoms with Crippen molar-refractivity contribution in [3.05, 3.63) is 42.0 Å². The first kappa shape index (κ1) is 23.2. The molecule has 1 amide bonds. The van der Waals surface area contributed by atoms with Gasteiger partial charge in [0, 0.05) is 44.0 Å². The van der Waals surface area contributed by atoms with E-state index in [9.17, 15) is 14.3 Å². The van der Waals surface area contributed by atoms with Crippen LogP contribution >= 0.6 is 0 Å². The molecule has 2 aliphatic rings. The average molecular weight is 458 g/mol. The predicted octanol–water partition coefficient (Wildman–Crippen LogP) is 2.76. The van der Waals surface area contributed by atoms with Crippen molar-refractivity contribution in [2.24, 2.45) is 0 Å². The number of halogens is 1. The van der Waals surface area contributed by atoms with Gasteiger partial charge in [0.15, 0.2) is 0 Å². The average Bonchev–Trinajstić information content (AvgIpc) is 2.80. The van der Waals surface area contributed by atoms with Crippen molar-refractivity contribution in [3.63, 3.8) is 0 Å². The first-order chi connectivity index (χ1) is 15.8. The maximum atomic E-state index is 14.5. The highest BCUT2D eigenvalue weighted by Crippen LogP contribution is 2.29. The molecule has 33 heavy (non-hydrogen) atoms. The number of aliphatic hydroxyl groups is 1. The van der Waals surface area contributed by atoms with Crippen molar-refractivity contribution >= 4 is 17.5 Å². The van der Waals surface area contributed by atoms with E-state index in [2.05, 4.69) is 15.3 Å². The summed E-state index contributed by atoms with van der Waals surface area (Å²) in [5.41, 5.74) is 0.229. The number of hydrogen-bond donors (Lipinski definition) is 2. The van der Waals surface area contributed by atoms with Crippen LogP contribution in [0.2, 0.25) is 0 Å². The molecule has 4 rings (SSSR count). The first-order valence-electron chi connectivity index (χ1n) is 11.5. The Labute approximate surface area is 193 Å². The topological polar surface area (TPSA) is 90.8 Å². The maximum Gasteiger partial charge on any atom is 0.270 e. The SMILES string of the molecule is COc1ccc(N2CCN(c3nccc(C(=O)N[C@H]4CC[C@@](C)(O)CC4)n3)[C@H](C)C2)c(F)c1. The molecule has 2 aromatic rings. The van der Waals surface area contributed by atoms with Crippen LogP contribution in [-0.4, -0.2) is 65.4 Å². The number of methoxy groups -OCH3 is 1. The number of piperazine rings is 1. The van der Waals surface area contributed by atoms with Crippen molar-refractivity contribution < 1.29 is 19.0 Å². The summed E-state index contributed by atoms with van der Waals surface area (Å²) in [6.07, 6.45) is 4.44. The molecule has 178 valence electrons. The third kappa shape index (κ3) is 5.35. The number of nitrogens with one attached hydrogen (secondary N) is 1. The Kier molecular flexibility index (Phi) is 6.69. The lowest BCUT2D eigenvalue weighted by atomic mass is 9.83. The molecule has 9 heteroatoms. The zero-order chi connectivity index (χ0) is 23.6. The lowest BCUT2D eigenvalue weighted by Gasteiger charge is -2.41. The summed E-state index contributed by atoms with van der Waals surface area (Å²) in [6.45, 7) is 5.69. The molecule has 1 atom stereocenters. The molecule has 1 aliphatic carbocycles. The fourth-order valence-electron chi connectivity index (χ4n) is 4.60. The lowest BCUT2D eigenvalue weighted by Crippen LogP contribution is -2.53. The molecule has 2 fully saturated rings. The van der Waals surface area contributed by atoms with Gasteiger partial charge in [-0.2, -0.15) is 0 Å². The van der Waals surface area contributed by atoms with Crippen LogP contribution in [0.3, 0.4) is 0 Å². The van der Waals surface area contributed by atoms with Gasteiger partial charge in [-0.1, -0.05) is 0 Å². The van der Waals surface area contributed by atoms with Crippen molar-refractivity contribution in [1.29, 1.82) is 0 Å². The molecule has 8 nitrogen and oxygen atoms in total.